The Bertz CT molecular complexity index is 941. The van der Waals surface area contributed by atoms with Crippen LogP contribution in [0.2, 0.25) is 0 Å². The first-order chi connectivity index (χ1) is 12.6. The molecule has 130 valence electrons. The fourth-order valence-electron chi connectivity index (χ4n) is 2.54. The van der Waals surface area contributed by atoms with Gasteiger partial charge in [0.2, 0.25) is 5.95 Å². The Morgan fingerprint density at radius 3 is 2.15 bits per heavy atom. The van der Waals surface area contributed by atoms with E-state index >= 15 is 0 Å². The first-order valence-corrected chi connectivity index (χ1v) is 7.99. The van der Waals surface area contributed by atoms with Gasteiger partial charge in [-0.1, -0.05) is 48.5 Å². The van der Waals surface area contributed by atoms with Gasteiger partial charge in [-0.3, -0.25) is 10.1 Å². The smallest absolute Gasteiger partial charge is 0.341 e. The highest BCUT2D eigenvalue weighted by Gasteiger charge is 2.21. The van der Waals surface area contributed by atoms with E-state index in [4.69, 9.17) is 4.74 Å². The van der Waals surface area contributed by atoms with E-state index in [9.17, 15) is 9.59 Å². The van der Waals surface area contributed by atoms with E-state index in [1.807, 2.05) is 36.4 Å². The molecule has 0 radical (unpaired) electrons. The topological polar surface area (TPSA) is 81.2 Å². The second-order valence-corrected chi connectivity index (χ2v) is 5.53. The standard InChI is InChI=1S/C20H17N3O3/c1-13-16(19(25)26-2)17(14-9-5-3-6-10-14)22-20(21-13)23-18(24)15-11-7-4-8-12-15/h3-12H,1-2H3,(H,21,22,23,24). The van der Waals surface area contributed by atoms with Gasteiger partial charge in [-0.2, -0.15) is 0 Å². The molecular weight excluding hydrogens is 330 g/mol. The SMILES string of the molecule is COC(=O)c1c(C)nc(NC(=O)c2ccccc2)nc1-c1ccccc1. The van der Waals surface area contributed by atoms with Crippen molar-refractivity contribution in [3.8, 4) is 11.3 Å². The summed E-state index contributed by atoms with van der Waals surface area (Å²) < 4.78 is 4.86. The van der Waals surface area contributed by atoms with Gasteiger partial charge in [-0.25, -0.2) is 14.8 Å². The third kappa shape index (κ3) is 3.59. The zero-order valence-electron chi connectivity index (χ0n) is 14.4. The number of methoxy groups -OCH3 is 1. The number of aromatic nitrogens is 2. The molecule has 0 fully saturated rings. The zero-order chi connectivity index (χ0) is 18.5. The predicted molar refractivity (Wildman–Crippen MR) is 97.9 cm³/mol. The van der Waals surface area contributed by atoms with Gasteiger partial charge >= 0.3 is 5.97 Å². The van der Waals surface area contributed by atoms with Crippen molar-refractivity contribution in [3.05, 3.63) is 77.5 Å². The number of esters is 1. The maximum Gasteiger partial charge on any atom is 0.341 e. The fourth-order valence-corrected chi connectivity index (χ4v) is 2.54. The van der Waals surface area contributed by atoms with Gasteiger partial charge in [0.05, 0.1) is 18.5 Å². The average Bonchev–Trinajstić information content (AvgIpc) is 2.68. The molecule has 0 unspecified atom stereocenters. The highest BCUT2D eigenvalue weighted by atomic mass is 16.5. The molecule has 6 nitrogen and oxygen atoms in total. The van der Waals surface area contributed by atoms with Crippen molar-refractivity contribution in [1.82, 2.24) is 9.97 Å². The monoisotopic (exact) mass is 347 g/mol. The van der Waals surface area contributed by atoms with Gasteiger partial charge in [-0.15, -0.1) is 0 Å². The number of amides is 1. The molecule has 1 amide bonds. The van der Waals surface area contributed by atoms with Crippen molar-refractivity contribution in [2.24, 2.45) is 0 Å². The lowest BCUT2D eigenvalue weighted by atomic mass is 10.0. The minimum absolute atomic E-state index is 0.128. The molecule has 0 saturated heterocycles. The third-order valence-corrected chi connectivity index (χ3v) is 3.79. The van der Waals surface area contributed by atoms with Crippen LogP contribution in [0, 0.1) is 6.92 Å². The van der Waals surface area contributed by atoms with E-state index in [0.29, 0.717) is 17.0 Å². The van der Waals surface area contributed by atoms with Crippen LogP contribution in [0.3, 0.4) is 0 Å². The molecule has 1 N–H and O–H groups in total. The second-order valence-electron chi connectivity index (χ2n) is 5.53. The summed E-state index contributed by atoms with van der Waals surface area (Å²) >= 11 is 0. The highest BCUT2D eigenvalue weighted by molar-refractivity contribution is 6.04. The van der Waals surface area contributed by atoms with Crippen LogP contribution in [0.25, 0.3) is 11.3 Å². The molecule has 0 atom stereocenters. The molecule has 26 heavy (non-hydrogen) atoms. The zero-order valence-corrected chi connectivity index (χ0v) is 14.4. The molecule has 2 aromatic carbocycles. The van der Waals surface area contributed by atoms with Gasteiger partial charge in [-0.05, 0) is 19.1 Å². The number of carbonyl (C=O) groups is 2. The number of anilines is 1. The Morgan fingerprint density at radius 1 is 0.923 bits per heavy atom. The molecule has 0 aliphatic rings. The number of rotatable bonds is 4. The number of ether oxygens (including phenoxy) is 1. The minimum Gasteiger partial charge on any atom is -0.465 e. The first-order valence-electron chi connectivity index (χ1n) is 7.99. The molecule has 0 aliphatic carbocycles. The van der Waals surface area contributed by atoms with Gasteiger partial charge in [0, 0.05) is 11.1 Å². The summed E-state index contributed by atoms with van der Waals surface area (Å²) in [6, 6.07) is 18.0. The number of nitrogens with one attached hydrogen (secondary N) is 1. The van der Waals surface area contributed by atoms with Crippen molar-refractivity contribution in [2.45, 2.75) is 6.92 Å². The summed E-state index contributed by atoms with van der Waals surface area (Å²) in [6.45, 7) is 1.68. The summed E-state index contributed by atoms with van der Waals surface area (Å²) in [6.07, 6.45) is 0. The Kier molecular flexibility index (Phi) is 5.03. The summed E-state index contributed by atoms with van der Waals surface area (Å²) in [5, 5.41) is 2.68. The summed E-state index contributed by atoms with van der Waals surface area (Å²) in [4.78, 5) is 33.2. The fraction of sp³-hybridized carbons (Fsp3) is 0.100. The highest BCUT2D eigenvalue weighted by Crippen LogP contribution is 2.25. The van der Waals surface area contributed by atoms with Crippen LogP contribution in [0.5, 0.6) is 0 Å². The molecule has 6 heteroatoms. The molecular formula is C20H17N3O3. The van der Waals surface area contributed by atoms with Crippen molar-refractivity contribution >= 4 is 17.8 Å². The Morgan fingerprint density at radius 2 is 1.54 bits per heavy atom. The van der Waals surface area contributed by atoms with Crippen molar-refractivity contribution < 1.29 is 14.3 Å². The molecule has 1 aromatic heterocycles. The lowest BCUT2D eigenvalue weighted by Gasteiger charge is -2.12. The number of hydrogen-bond donors (Lipinski definition) is 1. The molecule has 0 saturated carbocycles. The Hall–Kier alpha value is -3.54. The second kappa shape index (κ2) is 7.57. The van der Waals surface area contributed by atoms with Crippen LogP contribution in [0.4, 0.5) is 5.95 Å². The quantitative estimate of drug-likeness (QED) is 0.731. The van der Waals surface area contributed by atoms with Crippen LogP contribution in [-0.4, -0.2) is 29.0 Å². The molecule has 0 spiro atoms. The Balaban J connectivity index is 2.04. The molecule has 0 bridgehead atoms. The largest absolute Gasteiger partial charge is 0.465 e. The lowest BCUT2D eigenvalue weighted by Crippen LogP contribution is -2.17. The van der Waals surface area contributed by atoms with Gasteiger partial charge in [0.25, 0.3) is 5.91 Å². The Labute approximate surface area is 150 Å². The van der Waals surface area contributed by atoms with Gasteiger partial charge < -0.3 is 4.74 Å². The van der Waals surface area contributed by atoms with Gasteiger partial charge in [0.15, 0.2) is 0 Å². The van der Waals surface area contributed by atoms with E-state index in [1.54, 1.807) is 31.2 Å². The summed E-state index contributed by atoms with van der Waals surface area (Å²) in [7, 11) is 1.31. The van der Waals surface area contributed by atoms with Crippen molar-refractivity contribution in [2.75, 3.05) is 12.4 Å². The van der Waals surface area contributed by atoms with Crippen LogP contribution >= 0.6 is 0 Å². The van der Waals surface area contributed by atoms with E-state index in [-0.39, 0.29) is 17.4 Å². The summed E-state index contributed by atoms with van der Waals surface area (Å²) in [5.41, 5.74) is 2.33. The number of benzene rings is 2. The van der Waals surface area contributed by atoms with Gasteiger partial charge in [0.1, 0.15) is 5.56 Å². The normalized spacial score (nSPS) is 10.2. The van der Waals surface area contributed by atoms with Crippen LogP contribution in [-0.2, 0) is 4.74 Å². The van der Waals surface area contributed by atoms with Crippen LogP contribution < -0.4 is 5.32 Å². The third-order valence-electron chi connectivity index (χ3n) is 3.79. The minimum atomic E-state index is -0.526. The van der Waals surface area contributed by atoms with E-state index < -0.39 is 5.97 Å². The van der Waals surface area contributed by atoms with E-state index in [2.05, 4.69) is 15.3 Å². The van der Waals surface area contributed by atoms with Crippen molar-refractivity contribution in [3.63, 3.8) is 0 Å². The molecule has 0 aliphatic heterocycles. The van der Waals surface area contributed by atoms with E-state index in [1.165, 1.54) is 7.11 Å². The maximum atomic E-state index is 12.4. The maximum absolute atomic E-state index is 12.4. The van der Waals surface area contributed by atoms with Crippen LogP contribution in [0.1, 0.15) is 26.4 Å². The average molecular weight is 347 g/mol. The summed E-state index contributed by atoms with van der Waals surface area (Å²) in [5.74, 6) is -0.722. The first kappa shape index (κ1) is 17.3. The number of aryl methyl sites for hydroxylation is 1. The molecule has 1 heterocycles. The van der Waals surface area contributed by atoms with Crippen LogP contribution in [0.15, 0.2) is 60.7 Å². The molecule has 3 aromatic rings. The number of carbonyl (C=O) groups excluding carboxylic acids is 2. The molecule has 3 rings (SSSR count). The van der Waals surface area contributed by atoms with E-state index in [0.717, 1.165) is 5.56 Å². The number of hydrogen-bond acceptors (Lipinski definition) is 5. The predicted octanol–water partition coefficient (Wildman–Crippen LogP) is 3.49. The number of nitrogens with zero attached hydrogens (tertiary/aromatic N) is 2. The lowest BCUT2D eigenvalue weighted by molar-refractivity contribution is 0.0600. The van der Waals surface area contributed by atoms with Crippen molar-refractivity contribution in [1.29, 1.82) is 0 Å².